The lowest BCUT2D eigenvalue weighted by Gasteiger charge is -2.25. The number of nitrogens with one attached hydrogen (secondary N) is 1. The molecule has 0 radical (unpaired) electrons. The van der Waals surface area contributed by atoms with Crippen LogP contribution in [0, 0.1) is 0 Å². The van der Waals surface area contributed by atoms with Crippen molar-refractivity contribution in [3.8, 4) is 0 Å². The first-order valence-corrected chi connectivity index (χ1v) is 7.02. The van der Waals surface area contributed by atoms with Crippen molar-refractivity contribution in [2.45, 2.75) is 13.3 Å². The average molecular weight is 320 g/mol. The zero-order valence-electron chi connectivity index (χ0n) is 10.6. The number of fused-ring (bicyclic) bond motifs is 1. The largest absolute Gasteiger partial charge is 0.339 e. The van der Waals surface area contributed by atoms with Crippen LogP contribution in [0.15, 0.2) is 28.9 Å². The SMILES string of the molecule is CC(=O)N1CC=C(c2cc(Br)cc3[nH]ncc23)CC1. The lowest BCUT2D eigenvalue weighted by atomic mass is 9.96. The summed E-state index contributed by atoms with van der Waals surface area (Å²) >= 11 is 3.53. The van der Waals surface area contributed by atoms with Crippen LogP contribution in [0.1, 0.15) is 18.9 Å². The molecule has 0 saturated heterocycles. The van der Waals surface area contributed by atoms with Gasteiger partial charge in [-0.1, -0.05) is 22.0 Å². The third kappa shape index (κ3) is 2.30. The second kappa shape index (κ2) is 4.81. The lowest BCUT2D eigenvalue weighted by molar-refractivity contribution is -0.128. The molecule has 1 N–H and O–H groups in total. The fourth-order valence-corrected chi connectivity index (χ4v) is 2.94. The number of benzene rings is 1. The highest BCUT2D eigenvalue weighted by atomic mass is 79.9. The first-order valence-electron chi connectivity index (χ1n) is 6.22. The van der Waals surface area contributed by atoms with E-state index in [9.17, 15) is 4.79 Å². The van der Waals surface area contributed by atoms with E-state index in [0.717, 1.165) is 28.3 Å². The van der Waals surface area contributed by atoms with Gasteiger partial charge in [-0.15, -0.1) is 0 Å². The van der Waals surface area contributed by atoms with Crippen LogP contribution in [-0.2, 0) is 4.79 Å². The highest BCUT2D eigenvalue weighted by Gasteiger charge is 2.17. The molecular weight excluding hydrogens is 306 g/mol. The van der Waals surface area contributed by atoms with E-state index in [1.807, 2.05) is 17.2 Å². The predicted octanol–water partition coefficient (Wildman–Crippen LogP) is 2.96. The van der Waals surface area contributed by atoms with E-state index in [0.29, 0.717) is 6.54 Å². The van der Waals surface area contributed by atoms with Gasteiger partial charge in [0.25, 0.3) is 0 Å². The maximum absolute atomic E-state index is 11.3. The van der Waals surface area contributed by atoms with Crippen molar-refractivity contribution >= 4 is 38.3 Å². The summed E-state index contributed by atoms with van der Waals surface area (Å²) < 4.78 is 1.04. The number of amides is 1. The summed E-state index contributed by atoms with van der Waals surface area (Å²) in [7, 11) is 0. The Morgan fingerprint density at radius 3 is 3.00 bits per heavy atom. The summed E-state index contributed by atoms with van der Waals surface area (Å²) in [5.41, 5.74) is 3.51. The van der Waals surface area contributed by atoms with Gasteiger partial charge in [-0.05, 0) is 29.7 Å². The fraction of sp³-hybridized carbons (Fsp3) is 0.286. The predicted molar refractivity (Wildman–Crippen MR) is 78.6 cm³/mol. The molecule has 0 bridgehead atoms. The van der Waals surface area contributed by atoms with Crippen LogP contribution < -0.4 is 0 Å². The highest BCUT2D eigenvalue weighted by Crippen LogP contribution is 2.31. The molecule has 0 aliphatic carbocycles. The van der Waals surface area contributed by atoms with Gasteiger partial charge in [-0.2, -0.15) is 5.10 Å². The van der Waals surface area contributed by atoms with E-state index >= 15 is 0 Å². The van der Waals surface area contributed by atoms with Gasteiger partial charge < -0.3 is 4.90 Å². The standard InChI is InChI=1S/C14H14BrN3O/c1-9(19)18-4-2-10(3-5-18)12-6-11(15)7-14-13(12)8-16-17-14/h2,6-8H,3-5H2,1H3,(H,16,17). The van der Waals surface area contributed by atoms with Gasteiger partial charge in [0.15, 0.2) is 0 Å². The molecule has 1 aliphatic heterocycles. The summed E-state index contributed by atoms with van der Waals surface area (Å²) in [6, 6.07) is 4.14. The molecule has 3 rings (SSSR count). The van der Waals surface area contributed by atoms with Crippen LogP contribution in [-0.4, -0.2) is 34.1 Å². The maximum Gasteiger partial charge on any atom is 0.219 e. The Balaban J connectivity index is 2.01. The van der Waals surface area contributed by atoms with Crippen molar-refractivity contribution in [3.63, 3.8) is 0 Å². The summed E-state index contributed by atoms with van der Waals surface area (Å²) in [6.07, 6.45) is 4.88. The zero-order valence-corrected chi connectivity index (χ0v) is 12.2. The molecule has 2 aromatic rings. The minimum Gasteiger partial charge on any atom is -0.339 e. The smallest absolute Gasteiger partial charge is 0.219 e. The van der Waals surface area contributed by atoms with Crippen LogP contribution in [0.5, 0.6) is 0 Å². The first kappa shape index (κ1) is 12.4. The molecule has 0 unspecified atom stereocenters. The van der Waals surface area contributed by atoms with Crippen molar-refractivity contribution < 1.29 is 4.79 Å². The van der Waals surface area contributed by atoms with Crippen molar-refractivity contribution in [3.05, 3.63) is 34.4 Å². The quantitative estimate of drug-likeness (QED) is 0.878. The molecule has 5 heteroatoms. The van der Waals surface area contributed by atoms with Crippen LogP contribution in [0.25, 0.3) is 16.5 Å². The van der Waals surface area contributed by atoms with E-state index in [1.54, 1.807) is 6.92 Å². The van der Waals surface area contributed by atoms with Crippen LogP contribution in [0.2, 0.25) is 0 Å². The molecule has 1 aromatic heterocycles. The number of rotatable bonds is 1. The van der Waals surface area contributed by atoms with Crippen LogP contribution >= 0.6 is 15.9 Å². The second-order valence-corrected chi connectivity index (χ2v) is 5.64. The van der Waals surface area contributed by atoms with E-state index in [4.69, 9.17) is 0 Å². The van der Waals surface area contributed by atoms with Gasteiger partial charge >= 0.3 is 0 Å². The zero-order chi connectivity index (χ0) is 13.4. The van der Waals surface area contributed by atoms with Gasteiger partial charge in [0.2, 0.25) is 5.91 Å². The minimum atomic E-state index is 0.137. The topological polar surface area (TPSA) is 49.0 Å². The third-order valence-corrected chi connectivity index (χ3v) is 3.98. The molecule has 1 aromatic carbocycles. The fourth-order valence-electron chi connectivity index (χ4n) is 2.48. The molecule has 19 heavy (non-hydrogen) atoms. The van der Waals surface area contributed by atoms with E-state index in [2.05, 4.69) is 38.3 Å². The number of hydrogen-bond donors (Lipinski definition) is 1. The Morgan fingerprint density at radius 1 is 1.47 bits per heavy atom. The summed E-state index contributed by atoms with van der Waals surface area (Å²) in [6.45, 7) is 3.09. The number of aromatic amines is 1. The van der Waals surface area contributed by atoms with E-state index in [-0.39, 0.29) is 5.91 Å². The monoisotopic (exact) mass is 319 g/mol. The van der Waals surface area contributed by atoms with E-state index < -0.39 is 0 Å². The molecule has 0 saturated carbocycles. The van der Waals surface area contributed by atoms with Crippen LogP contribution in [0.3, 0.4) is 0 Å². The highest BCUT2D eigenvalue weighted by molar-refractivity contribution is 9.10. The van der Waals surface area contributed by atoms with Gasteiger partial charge in [0.05, 0.1) is 11.7 Å². The number of aromatic nitrogens is 2. The number of halogens is 1. The minimum absolute atomic E-state index is 0.137. The molecule has 2 heterocycles. The number of H-pyrrole nitrogens is 1. The molecular formula is C14H14BrN3O. The Labute approximate surface area is 119 Å². The summed E-state index contributed by atoms with van der Waals surface area (Å²) in [5.74, 6) is 0.137. The molecule has 0 fully saturated rings. The molecule has 0 atom stereocenters. The number of carbonyl (C=O) groups excluding carboxylic acids is 1. The molecule has 0 spiro atoms. The van der Waals surface area contributed by atoms with Gasteiger partial charge in [0.1, 0.15) is 0 Å². The van der Waals surface area contributed by atoms with Gasteiger partial charge in [-0.25, -0.2) is 0 Å². The third-order valence-electron chi connectivity index (χ3n) is 3.52. The van der Waals surface area contributed by atoms with Crippen molar-refractivity contribution in [1.82, 2.24) is 15.1 Å². The van der Waals surface area contributed by atoms with E-state index in [1.165, 1.54) is 11.1 Å². The maximum atomic E-state index is 11.3. The second-order valence-electron chi connectivity index (χ2n) is 4.73. The lowest BCUT2D eigenvalue weighted by Crippen LogP contribution is -2.32. The Kier molecular flexibility index (Phi) is 3.14. The summed E-state index contributed by atoms with van der Waals surface area (Å²) in [5, 5.41) is 8.23. The van der Waals surface area contributed by atoms with Crippen LogP contribution in [0.4, 0.5) is 0 Å². The Morgan fingerprint density at radius 2 is 2.32 bits per heavy atom. The molecule has 1 amide bonds. The first-order chi connectivity index (χ1) is 9.15. The van der Waals surface area contributed by atoms with Gasteiger partial charge in [-0.3, -0.25) is 9.89 Å². The molecule has 4 nitrogen and oxygen atoms in total. The Bertz CT molecular complexity index is 674. The molecule has 98 valence electrons. The van der Waals surface area contributed by atoms with Crippen molar-refractivity contribution in [1.29, 1.82) is 0 Å². The number of hydrogen-bond acceptors (Lipinski definition) is 2. The summed E-state index contributed by atoms with van der Waals surface area (Å²) in [4.78, 5) is 13.2. The Hall–Kier alpha value is -1.62. The average Bonchev–Trinajstić information content (AvgIpc) is 2.85. The van der Waals surface area contributed by atoms with Gasteiger partial charge in [0, 0.05) is 29.9 Å². The number of nitrogens with zero attached hydrogens (tertiary/aromatic N) is 2. The number of carbonyl (C=O) groups is 1. The van der Waals surface area contributed by atoms with Crippen molar-refractivity contribution in [2.75, 3.05) is 13.1 Å². The molecule has 1 aliphatic rings. The van der Waals surface area contributed by atoms with Crippen molar-refractivity contribution in [2.24, 2.45) is 0 Å². The normalized spacial score (nSPS) is 15.7.